The molecule has 0 saturated carbocycles. The average molecular weight is 385 g/mol. The first-order chi connectivity index (χ1) is 14.1. The Labute approximate surface area is 166 Å². The molecule has 0 fully saturated rings. The van der Waals surface area contributed by atoms with Gasteiger partial charge in [-0.3, -0.25) is 9.20 Å². The molecule has 0 saturated heterocycles. The second kappa shape index (κ2) is 6.63. The molecule has 2 heterocycles. The fourth-order valence-corrected chi connectivity index (χ4v) is 3.88. The van der Waals surface area contributed by atoms with Crippen LogP contribution in [0.2, 0.25) is 0 Å². The molecule has 1 unspecified atom stereocenters. The molecule has 2 aromatic carbocycles. The largest absolute Gasteiger partial charge is 0.331 e. The van der Waals surface area contributed by atoms with Crippen LogP contribution in [0.4, 0.5) is 10.5 Å². The first-order valence-electron chi connectivity index (χ1n) is 9.44. The summed E-state index contributed by atoms with van der Waals surface area (Å²) in [5.41, 5.74) is 5.75. The quantitative estimate of drug-likeness (QED) is 0.444. The molecule has 2 amide bonds. The Bertz CT molecular complexity index is 1290. The monoisotopic (exact) mass is 385 g/mol. The van der Waals surface area contributed by atoms with E-state index < -0.39 is 0 Å². The highest BCUT2D eigenvalue weighted by molar-refractivity contribution is 5.90. The SMILES string of the molecule is CC(NC(=O)Nc1ccc2c(c1)Cc1c-2[nH]c(=O)c2nccn12)c1ccccc1. The van der Waals surface area contributed by atoms with Gasteiger partial charge in [-0.2, -0.15) is 0 Å². The van der Waals surface area contributed by atoms with Gasteiger partial charge in [-0.05, 0) is 30.2 Å². The molecule has 5 rings (SSSR count). The molecule has 4 aromatic rings. The summed E-state index contributed by atoms with van der Waals surface area (Å²) in [5.74, 6) is 0. The predicted molar refractivity (Wildman–Crippen MR) is 111 cm³/mol. The normalized spacial score (nSPS) is 13.0. The summed E-state index contributed by atoms with van der Waals surface area (Å²) in [6, 6.07) is 15.2. The van der Waals surface area contributed by atoms with E-state index in [0.29, 0.717) is 17.8 Å². The second-order valence-corrected chi connectivity index (χ2v) is 7.18. The standard InChI is InChI=1S/C22H19N5O2/c1-13(14-5-3-2-4-6-14)24-22(29)25-16-7-8-17-15(11-16)12-18-19(17)26-21(28)20-23-9-10-27(18)20/h2-11,13H,12H2,1H3,(H,26,28)(H2,24,25,29). The average Bonchev–Trinajstić information content (AvgIpc) is 3.34. The second-order valence-electron chi connectivity index (χ2n) is 7.18. The van der Waals surface area contributed by atoms with Crippen molar-refractivity contribution in [1.82, 2.24) is 19.7 Å². The van der Waals surface area contributed by atoms with Gasteiger partial charge in [0.25, 0.3) is 5.56 Å². The minimum atomic E-state index is -0.262. The van der Waals surface area contributed by atoms with Gasteiger partial charge in [-0.15, -0.1) is 0 Å². The number of rotatable bonds is 3. The first-order valence-corrected chi connectivity index (χ1v) is 9.44. The van der Waals surface area contributed by atoms with Crippen molar-refractivity contribution in [2.75, 3.05) is 5.32 Å². The minimum absolute atomic E-state index is 0.102. The van der Waals surface area contributed by atoms with Crippen LogP contribution in [0.5, 0.6) is 0 Å². The van der Waals surface area contributed by atoms with Gasteiger partial charge in [0.05, 0.1) is 17.4 Å². The number of hydrogen-bond acceptors (Lipinski definition) is 3. The van der Waals surface area contributed by atoms with Crippen molar-refractivity contribution in [3.05, 3.63) is 88.1 Å². The molecular weight excluding hydrogens is 366 g/mol. The van der Waals surface area contributed by atoms with Gasteiger partial charge in [0, 0.05) is 30.1 Å². The number of aromatic nitrogens is 3. The van der Waals surface area contributed by atoms with Crippen LogP contribution >= 0.6 is 0 Å². The number of hydrogen-bond donors (Lipinski definition) is 3. The number of nitrogens with zero attached hydrogens (tertiary/aromatic N) is 2. The van der Waals surface area contributed by atoms with Gasteiger partial charge in [0.15, 0.2) is 0 Å². The zero-order chi connectivity index (χ0) is 20.0. The molecule has 0 bridgehead atoms. The molecule has 2 aromatic heterocycles. The molecule has 7 heteroatoms. The summed E-state index contributed by atoms with van der Waals surface area (Å²) in [6.07, 6.45) is 4.08. The van der Waals surface area contributed by atoms with Crippen LogP contribution in [0.1, 0.15) is 29.8 Å². The van der Waals surface area contributed by atoms with E-state index in [1.165, 1.54) is 0 Å². The van der Waals surface area contributed by atoms with E-state index >= 15 is 0 Å². The van der Waals surface area contributed by atoms with Crippen LogP contribution in [-0.4, -0.2) is 20.4 Å². The van der Waals surface area contributed by atoms with E-state index in [2.05, 4.69) is 20.6 Å². The number of imidazole rings is 1. The fraction of sp³-hybridized carbons (Fsp3) is 0.136. The molecule has 144 valence electrons. The highest BCUT2D eigenvalue weighted by Gasteiger charge is 2.23. The van der Waals surface area contributed by atoms with E-state index in [1.54, 1.807) is 12.4 Å². The van der Waals surface area contributed by atoms with E-state index in [1.807, 2.05) is 59.9 Å². The van der Waals surface area contributed by atoms with E-state index in [4.69, 9.17) is 0 Å². The smallest absolute Gasteiger partial charge is 0.319 e. The Morgan fingerprint density at radius 2 is 2.03 bits per heavy atom. The third-order valence-corrected chi connectivity index (χ3v) is 5.30. The molecule has 0 spiro atoms. The molecule has 0 aliphatic heterocycles. The lowest BCUT2D eigenvalue weighted by Crippen LogP contribution is -2.31. The van der Waals surface area contributed by atoms with Crippen LogP contribution in [0.25, 0.3) is 16.9 Å². The third-order valence-electron chi connectivity index (χ3n) is 5.30. The van der Waals surface area contributed by atoms with E-state index in [9.17, 15) is 9.59 Å². The van der Waals surface area contributed by atoms with Gasteiger partial charge in [-0.25, -0.2) is 9.78 Å². The van der Waals surface area contributed by atoms with Crippen LogP contribution in [-0.2, 0) is 6.42 Å². The lowest BCUT2D eigenvalue weighted by Gasteiger charge is -2.15. The molecule has 1 aliphatic rings. The molecule has 0 radical (unpaired) electrons. The van der Waals surface area contributed by atoms with Crippen LogP contribution < -0.4 is 16.2 Å². The Morgan fingerprint density at radius 1 is 1.21 bits per heavy atom. The van der Waals surface area contributed by atoms with Crippen molar-refractivity contribution in [2.24, 2.45) is 0 Å². The molecule has 29 heavy (non-hydrogen) atoms. The topological polar surface area (TPSA) is 91.3 Å². The lowest BCUT2D eigenvalue weighted by atomic mass is 10.1. The third kappa shape index (κ3) is 2.97. The maximum Gasteiger partial charge on any atom is 0.319 e. The molecular formula is C22H19N5O2. The Morgan fingerprint density at radius 3 is 2.86 bits per heavy atom. The highest BCUT2D eigenvalue weighted by atomic mass is 16.2. The number of fused-ring (bicyclic) bond motifs is 5. The number of nitrogens with one attached hydrogen (secondary N) is 3. The zero-order valence-electron chi connectivity index (χ0n) is 15.8. The summed E-state index contributed by atoms with van der Waals surface area (Å²) < 4.78 is 1.83. The van der Waals surface area contributed by atoms with E-state index in [0.717, 1.165) is 28.1 Å². The Balaban J connectivity index is 1.37. The number of aromatic amines is 1. The van der Waals surface area contributed by atoms with Crippen LogP contribution in [0, 0.1) is 0 Å². The van der Waals surface area contributed by atoms with Crippen LogP contribution in [0.15, 0.2) is 65.7 Å². The number of amides is 2. The summed E-state index contributed by atoms with van der Waals surface area (Å²) in [5, 5.41) is 5.85. The summed E-state index contributed by atoms with van der Waals surface area (Å²) >= 11 is 0. The number of urea groups is 1. The maximum atomic E-state index is 12.4. The van der Waals surface area contributed by atoms with E-state index in [-0.39, 0.29) is 17.6 Å². The molecule has 1 aliphatic carbocycles. The highest BCUT2D eigenvalue weighted by Crippen LogP contribution is 2.35. The minimum Gasteiger partial charge on any atom is -0.331 e. The maximum absolute atomic E-state index is 12.4. The van der Waals surface area contributed by atoms with Gasteiger partial charge in [0.2, 0.25) is 5.65 Å². The van der Waals surface area contributed by atoms with Gasteiger partial charge in [-0.1, -0.05) is 36.4 Å². The van der Waals surface area contributed by atoms with Gasteiger partial charge in [0.1, 0.15) is 0 Å². The molecule has 3 N–H and O–H groups in total. The van der Waals surface area contributed by atoms with Crippen molar-refractivity contribution in [3.8, 4) is 11.3 Å². The zero-order valence-corrected chi connectivity index (χ0v) is 15.8. The Kier molecular flexibility index (Phi) is 3.94. The number of carbonyl (C=O) groups is 1. The number of H-pyrrole nitrogens is 1. The molecule has 7 nitrogen and oxygen atoms in total. The summed E-state index contributed by atoms with van der Waals surface area (Å²) in [4.78, 5) is 31.7. The first kappa shape index (κ1) is 17.2. The van der Waals surface area contributed by atoms with Crippen LogP contribution in [0.3, 0.4) is 0 Å². The molecule has 1 atom stereocenters. The van der Waals surface area contributed by atoms with Crippen molar-refractivity contribution >= 4 is 17.4 Å². The number of anilines is 1. The van der Waals surface area contributed by atoms with Gasteiger partial charge < -0.3 is 15.6 Å². The summed E-state index contributed by atoms with van der Waals surface area (Å²) in [6.45, 7) is 1.95. The lowest BCUT2D eigenvalue weighted by molar-refractivity contribution is 0.249. The van der Waals surface area contributed by atoms with Crippen molar-refractivity contribution < 1.29 is 4.79 Å². The Hall–Kier alpha value is -3.87. The van der Waals surface area contributed by atoms with Crippen molar-refractivity contribution in [3.63, 3.8) is 0 Å². The summed E-state index contributed by atoms with van der Waals surface area (Å²) in [7, 11) is 0. The fourth-order valence-electron chi connectivity index (χ4n) is 3.88. The van der Waals surface area contributed by atoms with Crippen molar-refractivity contribution in [1.29, 1.82) is 0 Å². The predicted octanol–water partition coefficient (Wildman–Crippen LogP) is 3.48. The van der Waals surface area contributed by atoms with Gasteiger partial charge >= 0.3 is 6.03 Å². The number of benzene rings is 2. The number of carbonyl (C=O) groups excluding carboxylic acids is 1. The van der Waals surface area contributed by atoms with Crippen molar-refractivity contribution in [2.45, 2.75) is 19.4 Å².